The van der Waals surface area contributed by atoms with E-state index in [0.717, 1.165) is 32.7 Å². The van der Waals surface area contributed by atoms with E-state index in [2.05, 4.69) is 52.0 Å². The number of morpholine rings is 1. The molecule has 1 fully saturated rings. The van der Waals surface area contributed by atoms with E-state index in [1.165, 1.54) is 9.88 Å². The second-order valence-electron chi connectivity index (χ2n) is 8.70. The minimum atomic E-state index is -3.69. The maximum absolute atomic E-state index is 13.4. The van der Waals surface area contributed by atoms with Gasteiger partial charge in [0.1, 0.15) is 10.6 Å². The van der Waals surface area contributed by atoms with Gasteiger partial charge in [-0.05, 0) is 58.9 Å². The molecule has 1 saturated heterocycles. The van der Waals surface area contributed by atoms with E-state index in [1.807, 2.05) is 12.1 Å². The fourth-order valence-corrected chi connectivity index (χ4v) is 6.01. The number of benzene rings is 1. The maximum atomic E-state index is 13.4. The fourth-order valence-electron chi connectivity index (χ4n) is 4.43. The van der Waals surface area contributed by atoms with Gasteiger partial charge in [0, 0.05) is 18.3 Å². The highest BCUT2D eigenvalue weighted by Gasteiger charge is 2.30. The Balaban J connectivity index is 2.02. The summed E-state index contributed by atoms with van der Waals surface area (Å²) < 4.78 is 39.5. The van der Waals surface area contributed by atoms with Crippen LogP contribution in [0.3, 0.4) is 0 Å². The van der Waals surface area contributed by atoms with Crippen LogP contribution in [0.4, 0.5) is 0 Å². The van der Waals surface area contributed by atoms with Crippen molar-refractivity contribution in [1.82, 2.24) is 4.31 Å². The lowest BCUT2D eigenvalue weighted by molar-refractivity contribution is 0.0729. The molecule has 0 saturated carbocycles. The molecule has 2 aliphatic carbocycles. The summed E-state index contributed by atoms with van der Waals surface area (Å²) in [5.41, 5.74) is 5.82. The predicted octanol–water partition coefficient (Wildman–Crippen LogP) is 3.08. The molecule has 0 atom stereocenters. The molecule has 0 amide bonds. The minimum Gasteiger partial charge on any atom is -0.495 e. The summed E-state index contributed by atoms with van der Waals surface area (Å²) in [6, 6.07) is 3.62. The Morgan fingerprint density at radius 3 is 2.34 bits per heavy atom. The average molecular weight is 454 g/mol. The van der Waals surface area contributed by atoms with E-state index in [9.17, 15) is 8.42 Å². The van der Waals surface area contributed by atoms with Crippen molar-refractivity contribution in [3.8, 4) is 5.75 Å². The van der Waals surface area contributed by atoms with Crippen molar-refractivity contribution in [2.45, 2.75) is 32.6 Å². The molecule has 0 bridgehead atoms. The van der Waals surface area contributed by atoms with Crippen LogP contribution in [0.1, 0.15) is 27.7 Å². The number of allylic oxidation sites excluding steroid dienone is 8. The van der Waals surface area contributed by atoms with Gasteiger partial charge in [-0.25, -0.2) is 8.42 Å². The smallest absolute Gasteiger partial charge is 0.246 e. The van der Waals surface area contributed by atoms with Gasteiger partial charge in [0.25, 0.3) is 0 Å². The van der Waals surface area contributed by atoms with Gasteiger partial charge in [0.15, 0.2) is 0 Å². The second kappa shape index (κ2) is 8.85. The standard InChI is InChI=1S/C26H31NO4S/c1-17(2)20-8-6-19(4)25-21-10-11-24(32(28,29)27-12-14-31-15-13-27)26(30-5)22(21)9-7-18(3)23(25)16-20/h6-11,16-17H,12-15H2,1-5H3. The van der Waals surface area contributed by atoms with E-state index in [-0.39, 0.29) is 4.90 Å². The lowest BCUT2D eigenvalue weighted by Crippen LogP contribution is -2.41. The quantitative estimate of drug-likeness (QED) is 0.703. The summed E-state index contributed by atoms with van der Waals surface area (Å²) in [6.07, 6.45) is 10.6. The lowest BCUT2D eigenvalue weighted by atomic mass is 9.91. The van der Waals surface area contributed by atoms with Crippen LogP contribution in [0.2, 0.25) is 0 Å². The Morgan fingerprint density at radius 2 is 1.69 bits per heavy atom. The molecule has 0 spiro atoms. The Hall–Kier alpha value is -2.41. The zero-order valence-electron chi connectivity index (χ0n) is 19.4. The Labute approximate surface area is 190 Å². The highest BCUT2D eigenvalue weighted by molar-refractivity contribution is 7.89. The highest BCUT2D eigenvalue weighted by atomic mass is 32.2. The van der Waals surface area contributed by atoms with E-state index in [0.29, 0.717) is 38.0 Å². The average Bonchev–Trinajstić information content (AvgIpc) is 3.04. The molecule has 32 heavy (non-hydrogen) atoms. The molecule has 3 aliphatic rings. The van der Waals surface area contributed by atoms with E-state index in [1.54, 1.807) is 13.2 Å². The normalized spacial score (nSPS) is 19.5. The van der Waals surface area contributed by atoms with Gasteiger partial charge in [0.2, 0.25) is 10.0 Å². The summed E-state index contributed by atoms with van der Waals surface area (Å²) >= 11 is 0. The summed E-state index contributed by atoms with van der Waals surface area (Å²) in [6.45, 7) is 10.1. The van der Waals surface area contributed by atoms with Crippen molar-refractivity contribution in [1.29, 1.82) is 0 Å². The first-order valence-electron chi connectivity index (χ1n) is 11.0. The molecular formula is C26H31NO4S. The third kappa shape index (κ3) is 3.91. The minimum absolute atomic E-state index is 0.201. The number of sulfonamides is 1. The molecule has 0 aromatic heterocycles. The molecule has 1 aromatic rings. The number of hydrogen-bond donors (Lipinski definition) is 0. The van der Waals surface area contributed by atoms with Crippen molar-refractivity contribution in [2.24, 2.45) is 5.92 Å². The van der Waals surface area contributed by atoms with Gasteiger partial charge < -0.3 is 9.47 Å². The SMILES string of the molecule is COc1c(S(=O)(=O)N2CCOCC2)ccc2c1=CC=C(C)C1=CC(C(C)C)=CC=C(C)C=21. The largest absolute Gasteiger partial charge is 0.495 e. The van der Waals surface area contributed by atoms with Crippen molar-refractivity contribution in [3.05, 3.63) is 69.2 Å². The van der Waals surface area contributed by atoms with Crippen molar-refractivity contribution < 1.29 is 17.9 Å². The molecule has 5 nitrogen and oxygen atoms in total. The van der Waals surface area contributed by atoms with Crippen LogP contribution in [-0.4, -0.2) is 46.1 Å². The van der Waals surface area contributed by atoms with Crippen LogP contribution in [0.5, 0.6) is 5.75 Å². The van der Waals surface area contributed by atoms with Crippen molar-refractivity contribution in [3.63, 3.8) is 0 Å². The molecule has 1 aliphatic heterocycles. The highest BCUT2D eigenvalue weighted by Crippen LogP contribution is 2.33. The summed E-state index contributed by atoms with van der Waals surface area (Å²) in [4.78, 5) is 0.201. The molecule has 0 radical (unpaired) electrons. The van der Waals surface area contributed by atoms with E-state index in [4.69, 9.17) is 9.47 Å². The number of rotatable bonds is 4. The first-order valence-corrected chi connectivity index (χ1v) is 12.5. The molecule has 0 N–H and O–H groups in total. The van der Waals surface area contributed by atoms with Gasteiger partial charge in [-0.15, -0.1) is 0 Å². The lowest BCUT2D eigenvalue weighted by Gasteiger charge is -2.26. The fraction of sp³-hybridized carbons (Fsp3) is 0.385. The van der Waals surface area contributed by atoms with E-state index >= 15 is 0 Å². The molecule has 0 unspecified atom stereocenters. The predicted molar refractivity (Wildman–Crippen MR) is 128 cm³/mol. The maximum Gasteiger partial charge on any atom is 0.246 e. The number of fused-ring (bicyclic) bond motifs is 2. The second-order valence-corrected chi connectivity index (χ2v) is 10.6. The first kappa shape index (κ1) is 22.8. The number of ether oxygens (including phenoxy) is 2. The Bertz CT molecular complexity index is 1290. The third-order valence-corrected chi connectivity index (χ3v) is 8.24. The topological polar surface area (TPSA) is 55.8 Å². The van der Waals surface area contributed by atoms with Crippen LogP contribution >= 0.6 is 0 Å². The zero-order chi connectivity index (χ0) is 23.0. The van der Waals surface area contributed by atoms with Gasteiger partial charge in [-0.1, -0.05) is 50.3 Å². The van der Waals surface area contributed by atoms with Crippen LogP contribution in [0.15, 0.2) is 63.6 Å². The van der Waals surface area contributed by atoms with Gasteiger partial charge in [-0.2, -0.15) is 4.31 Å². The van der Waals surface area contributed by atoms with Gasteiger partial charge in [0.05, 0.1) is 20.3 Å². The zero-order valence-corrected chi connectivity index (χ0v) is 20.3. The molecular weight excluding hydrogens is 422 g/mol. The van der Waals surface area contributed by atoms with Crippen molar-refractivity contribution in [2.75, 3.05) is 33.4 Å². The molecule has 6 heteroatoms. The van der Waals surface area contributed by atoms with Crippen LogP contribution < -0.4 is 15.2 Å². The molecule has 170 valence electrons. The Morgan fingerprint density at radius 1 is 1.00 bits per heavy atom. The summed E-state index contributed by atoms with van der Waals surface area (Å²) in [5.74, 6) is 0.793. The van der Waals surface area contributed by atoms with E-state index < -0.39 is 10.0 Å². The molecule has 1 aromatic carbocycles. The third-order valence-electron chi connectivity index (χ3n) is 6.31. The summed E-state index contributed by atoms with van der Waals surface area (Å²) in [5, 5.41) is 1.77. The number of nitrogens with zero attached hydrogens (tertiary/aromatic N) is 1. The number of hydrogen-bond acceptors (Lipinski definition) is 4. The first-order chi connectivity index (χ1) is 15.3. The van der Waals surface area contributed by atoms with Crippen molar-refractivity contribution >= 4 is 21.7 Å². The molecule has 1 heterocycles. The number of methoxy groups -OCH3 is 1. The van der Waals surface area contributed by atoms with Crippen LogP contribution in [0.25, 0.3) is 11.6 Å². The monoisotopic (exact) mass is 453 g/mol. The van der Waals surface area contributed by atoms with Gasteiger partial charge in [-0.3, -0.25) is 0 Å². The van der Waals surface area contributed by atoms with Crippen LogP contribution in [-0.2, 0) is 14.8 Å². The Kier molecular flexibility index (Phi) is 6.30. The molecule has 4 rings (SSSR count). The van der Waals surface area contributed by atoms with Gasteiger partial charge >= 0.3 is 0 Å². The summed E-state index contributed by atoms with van der Waals surface area (Å²) in [7, 11) is -2.15. The van der Waals surface area contributed by atoms with Crippen LogP contribution in [0, 0.1) is 5.92 Å².